The van der Waals surface area contributed by atoms with Crippen LogP contribution >= 0.6 is 0 Å². The van der Waals surface area contributed by atoms with Crippen LogP contribution in [0.4, 0.5) is 0 Å². The third-order valence-electron chi connectivity index (χ3n) is 5.49. The summed E-state index contributed by atoms with van der Waals surface area (Å²) in [6.07, 6.45) is 5.55. The van der Waals surface area contributed by atoms with Gasteiger partial charge in [-0.1, -0.05) is 12.1 Å². The third kappa shape index (κ3) is 5.10. The maximum absolute atomic E-state index is 12.9. The van der Waals surface area contributed by atoms with Gasteiger partial charge in [0, 0.05) is 13.0 Å². The summed E-state index contributed by atoms with van der Waals surface area (Å²) in [4.78, 5) is 24.1. The van der Waals surface area contributed by atoms with Crippen LogP contribution in [0.15, 0.2) is 29.1 Å². The number of aryl methyl sites for hydroxylation is 3. The van der Waals surface area contributed by atoms with E-state index in [1.165, 1.54) is 26.4 Å². The Morgan fingerprint density at radius 3 is 2.79 bits per heavy atom. The zero-order valence-electron chi connectivity index (χ0n) is 16.8. The quantitative estimate of drug-likeness (QED) is 0.739. The Morgan fingerprint density at radius 1 is 1.25 bits per heavy atom. The molecule has 2 aromatic rings. The molecule has 1 aromatic heterocycles. The van der Waals surface area contributed by atoms with Crippen molar-refractivity contribution < 1.29 is 9.53 Å². The smallest absolute Gasteiger partial charge is 0.350 e. The average Bonchev–Trinajstić information content (AvgIpc) is 2.88. The second kappa shape index (κ2) is 9.68. The topological polar surface area (TPSA) is 78.2 Å². The van der Waals surface area contributed by atoms with Gasteiger partial charge in [-0.15, -0.1) is 0 Å². The molecule has 1 aromatic carbocycles. The van der Waals surface area contributed by atoms with Gasteiger partial charge < -0.3 is 10.1 Å². The van der Waals surface area contributed by atoms with Gasteiger partial charge in [0.25, 0.3) is 0 Å². The molecule has 7 heteroatoms. The summed E-state index contributed by atoms with van der Waals surface area (Å²) in [5.74, 6) is 1.12. The summed E-state index contributed by atoms with van der Waals surface area (Å²) in [7, 11) is 1.39. The minimum absolute atomic E-state index is 0.0912. The van der Waals surface area contributed by atoms with Crippen molar-refractivity contribution in [3.63, 3.8) is 0 Å². The van der Waals surface area contributed by atoms with Crippen molar-refractivity contribution >= 4 is 5.97 Å². The zero-order valence-corrected chi connectivity index (χ0v) is 16.8. The highest BCUT2D eigenvalue weighted by atomic mass is 16.5. The highest BCUT2D eigenvalue weighted by Crippen LogP contribution is 2.18. The molecule has 28 heavy (non-hydrogen) atoms. The molecule has 1 N–H and O–H groups in total. The molecule has 0 radical (unpaired) electrons. The van der Waals surface area contributed by atoms with Crippen molar-refractivity contribution in [3.8, 4) is 5.69 Å². The first kappa shape index (κ1) is 20.3. The lowest BCUT2D eigenvalue weighted by molar-refractivity contribution is -0.140. The molecule has 0 aliphatic carbocycles. The van der Waals surface area contributed by atoms with Gasteiger partial charge in [0.1, 0.15) is 5.82 Å². The first-order valence-corrected chi connectivity index (χ1v) is 10.1. The van der Waals surface area contributed by atoms with E-state index in [9.17, 15) is 9.59 Å². The van der Waals surface area contributed by atoms with Crippen LogP contribution < -0.4 is 11.0 Å². The fraction of sp³-hybridized carbons (Fsp3) is 0.571. The number of ether oxygens (including phenoxy) is 1. The number of esters is 1. The van der Waals surface area contributed by atoms with E-state index in [4.69, 9.17) is 0 Å². The predicted octanol–water partition coefficient (Wildman–Crippen LogP) is 2.23. The lowest BCUT2D eigenvalue weighted by Crippen LogP contribution is -2.25. The molecule has 1 unspecified atom stereocenters. The molecule has 1 aliphatic heterocycles. The Labute approximate surface area is 165 Å². The molecule has 152 valence electrons. The second-order valence-corrected chi connectivity index (χ2v) is 7.47. The highest BCUT2D eigenvalue weighted by Gasteiger charge is 2.15. The minimum atomic E-state index is -0.220. The Hall–Kier alpha value is -2.41. The summed E-state index contributed by atoms with van der Waals surface area (Å²) in [6, 6.07) is 7.70. The molecule has 3 rings (SSSR count). The van der Waals surface area contributed by atoms with Crippen LogP contribution in [-0.2, 0) is 22.5 Å². The number of nitrogens with zero attached hydrogens (tertiary/aromatic N) is 3. The minimum Gasteiger partial charge on any atom is -0.469 e. The molecule has 0 spiro atoms. The lowest BCUT2D eigenvalue weighted by Gasteiger charge is -2.12. The van der Waals surface area contributed by atoms with E-state index in [-0.39, 0.29) is 11.7 Å². The molecule has 1 atom stereocenters. The number of hydrogen-bond donors (Lipinski definition) is 1. The average molecular weight is 386 g/mol. The number of carbonyl (C=O) groups is 1. The predicted molar refractivity (Wildman–Crippen MR) is 108 cm³/mol. The summed E-state index contributed by atoms with van der Waals surface area (Å²) in [6.45, 7) is 4.68. The number of nitrogens with one attached hydrogen (secondary N) is 1. The van der Waals surface area contributed by atoms with Gasteiger partial charge in [-0.2, -0.15) is 5.10 Å². The van der Waals surface area contributed by atoms with E-state index in [0.717, 1.165) is 30.8 Å². The zero-order chi connectivity index (χ0) is 19.9. The number of methoxy groups -OCH3 is 1. The molecular formula is C21H30N4O3. The molecule has 7 nitrogen and oxygen atoms in total. The largest absolute Gasteiger partial charge is 0.469 e. The molecule has 0 amide bonds. The van der Waals surface area contributed by atoms with Gasteiger partial charge in [0.15, 0.2) is 0 Å². The van der Waals surface area contributed by atoms with E-state index < -0.39 is 0 Å². The van der Waals surface area contributed by atoms with Gasteiger partial charge in [-0.05, 0) is 75.7 Å². The SMILES string of the molecule is COC(=O)CCc1ccc(-n2c(C)nn(CCC3CCCNCC3)c2=O)cc1. The van der Waals surface area contributed by atoms with Crippen molar-refractivity contribution in [1.29, 1.82) is 0 Å². The molecule has 2 heterocycles. The standard InChI is InChI=1S/C21H30N4O3/c1-16-23-24(15-12-17-4-3-13-22-14-11-17)21(27)25(16)19-8-5-18(6-9-19)7-10-20(26)28-2/h5-6,8-9,17,22H,3-4,7,10-15H2,1-2H3. The first-order chi connectivity index (χ1) is 13.6. The van der Waals surface area contributed by atoms with Crippen LogP contribution in [0.5, 0.6) is 0 Å². The van der Waals surface area contributed by atoms with Gasteiger partial charge in [0.05, 0.1) is 12.8 Å². The Morgan fingerprint density at radius 2 is 2.04 bits per heavy atom. The van der Waals surface area contributed by atoms with Crippen LogP contribution in [0.1, 0.15) is 43.5 Å². The molecule has 1 fully saturated rings. The van der Waals surface area contributed by atoms with E-state index in [1.54, 1.807) is 9.25 Å². The van der Waals surface area contributed by atoms with Crippen molar-refractivity contribution in [3.05, 3.63) is 46.1 Å². The summed E-state index contributed by atoms with van der Waals surface area (Å²) >= 11 is 0. The van der Waals surface area contributed by atoms with Crippen molar-refractivity contribution in [2.24, 2.45) is 5.92 Å². The fourth-order valence-corrected chi connectivity index (χ4v) is 3.80. The van der Waals surface area contributed by atoms with Gasteiger partial charge in [0.2, 0.25) is 0 Å². The molecular weight excluding hydrogens is 356 g/mol. The summed E-state index contributed by atoms with van der Waals surface area (Å²) < 4.78 is 7.92. The van der Waals surface area contributed by atoms with Crippen LogP contribution in [-0.4, -0.2) is 40.5 Å². The third-order valence-corrected chi connectivity index (χ3v) is 5.49. The van der Waals surface area contributed by atoms with Gasteiger partial charge >= 0.3 is 11.7 Å². The van der Waals surface area contributed by atoms with E-state index >= 15 is 0 Å². The number of hydrogen-bond acceptors (Lipinski definition) is 5. The maximum Gasteiger partial charge on any atom is 0.350 e. The monoisotopic (exact) mass is 386 g/mol. The molecule has 0 bridgehead atoms. The van der Waals surface area contributed by atoms with Crippen LogP contribution in [0, 0.1) is 12.8 Å². The van der Waals surface area contributed by atoms with Crippen molar-refractivity contribution in [2.75, 3.05) is 20.2 Å². The van der Waals surface area contributed by atoms with Gasteiger partial charge in [-0.3, -0.25) is 4.79 Å². The van der Waals surface area contributed by atoms with Gasteiger partial charge in [-0.25, -0.2) is 14.0 Å². The Balaban J connectivity index is 1.67. The molecule has 0 saturated carbocycles. The maximum atomic E-state index is 12.9. The van der Waals surface area contributed by atoms with Crippen molar-refractivity contribution in [1.82, 2.24) is 19.7 Å². The van der Waals surface area contributed by atoms with Crippen LogP contribution in [0.2, 0.25) is 0 Å². The summed E-state index contributed by atoms with van der Waals surface area (Å²) in [5, 5.41) is 7.91. The highest BCUT2D eigenvalue weighted by molar-refractivity contribution is 5.69. The number of benzene rings is 1. The number of rotatable bonds is 7. The first-order valence-electron chi connectivity index (χ1n) is 10.1. The van der Waals surface area contributed by atoms with E-state index in [0.29, 0.717) is 31.1 Å². The molecule has 1 aliphatic rings. The normalized spacial score (nSPS) is 17.3. The van der Waals surface area contributed by atoms with Crippen LogP contribution in [0.25, 0.3) is 5.69 Å². The molecule has 1 saturated heterocycles. The Bertz CT molecular complexity index is 830. The van der Waals surface area contributed by atoms with Crippen molar-refractivity contribution in [2.45, 2.75) is 52.0 Å². The fourth-order valence-electron chi connectivity index (χ4n) is 3.80. The van der Waals surface area contributed by atoms with E-state index in [2.05, 4.69) is 15.2 Å². The second-order valence-electron chi connectivity index (χ2n) is 7.47. The number of carbonyl (C=O) groups excluding carboxylic acids is 1. The Kier molecular flexibility index (Phi) is 7.03. The van der Waals surface area contributed by atoms with E-state index in [1.807, 2.05) is 31.2 Å². The lowest BCUT2D eigenvalue weighted by atomic mass is 9.97. The number of aromatic nitrogens is 3. The van der Waals surface area contributed by atoms with Crippen LogP contribution in [0.3, 0.4) is 0 Å². The summed E-state index contributed by atoms with van der Waals surface area (Å²) in [5.41, 5.74) is 1.75.